The first kappa shape index (κ1) is 17.5. The van der Waals surface area contributed by atoms with E-state index in [0.29, 0.717) is 18.0 Å². The first-order valence-electron chi connectivity index (χ1n) is 8.48. The fourth-order valence-electron chi connectivity index (χ4n) is 3.38. The van der Waals surface area contributed by atoms with E-state index in [1.54, 1.807) is 11.1 Å². The van der Waals surface area contributed by atoms with Crippen molar-refractivity contribution < 1.29 is 14.7 Å². The molecule has 0 aromatic carbocycles. The Kier molecular flexibility index (Phi) is 5.44. The van der Waals surface area contributed by atoms with E-state index in [0.717, 1.165) is 25.0 Å². The molecule has 0 spiro atoms. The number of carbonyl (C=O) groups excluding carboxylic acids is 1. The third-order valence-electron chi connectivity index (χ3n) is 5.06. The van der Waals surface area contributed by atoms with Crippen molar-refractivity contribution in [3.8, 4) is 0 Å². The summed E-state index contributed by atoms with van der Waals surface area (Å²) in [4.78, 5) is 25.8. The van der Waals surface area contributed by atoms with Crippen molar-refractivity contribution in [2.75, 3.05) is 6.54 Å². The summed E-state index contributed by atoms with van der Waals surface area (Å²) in [6.07, 6.45) is 4.92. The summed E-state index contributed by atoms with van der Waals surface area (Å²) in [5.41, 5.74) is 1.46. The minimum absolute atomic E-state index is 0.0639. The Bertz CT molecular complexity index is 578. The lowest BCUT2D eigenvalue weighted by Crippen LogP contribution is -2.47. The van der Waals surface area contributed by atoms with Gasteiger partial charge in [-0.15, -0.1) is 0 Å². The predicted molar refractivity (Wildman–Crippen MR) is 87.4 cm³/mol. The molecule has 128 valence electrons. The Morgan fingerprint density at radius 1 is 1.35 bits per heavy atom. The number of piperidine rings is 1. The molecule has 2 unspecified atom stereocenters. The summed E-state index contributed by atoms with van der Waals surface area (Å²) in [7, 11) is 0. The van der Waals surface area contributed by atoms with Gasteiger partial charge in [0, 0.05) is 18.3 Å². The number of aromatic nitrogens is 2. The van der Waals surface area contributed by atoms with Gasteiger partial charge in [0.1, 0.15) is 0 Å². The van der Waals surface area contributed by atoms with Gasteiger partial charge in [0.15, 0.2) is 0 Å². The SMILES string of the molecule is CCC(CC)n1ncc(C(=O)N2CC(C(=O)O)CCC2C)c1C. The van der Waals surface area contributed by atoms with Gasteiger partial charge in [0.25, 0.3) is 5.91 Å². The second-order valence-corrected chi connectivity index (χ2v) is 6.48. The molecule has 0 radical (unpaired) electrons. The van der Waals surface area contributed by atoms with Crippen molar-refractivity contribution >= 4 is 11.9 Å². The number of aliphatic carboxylic acids is 1. The van der Waals surface area contributed by atoms with Crippen molar-refractivity contribution in [3.05, 3.63) is 17.5 Å². The average molecular weight is 321 g/mol. The Labute approximate surface area is 137 Å². The zero-order valence-electron chi connectivity index (χ0n) is 14.5. The van der Waals surface area contributed by atoms with Crippen LogP contribution in [0.5, 0.6) is 0 Å². The van der Waals surface area contributed by atoms with Crippen LogP contribution in [0.2, 0.25) is 0 Å². The molecule has 23 heavy (non-hydrogen) atoms. The van der Waals surface area contributed by atoms with E-state index in [-0.39, 0.29) is 18.5 Å². The van der Waals surface area contributed by atoms with Crippen LogP contribution >= 0.6 is 0 Å². The van der Waals surface area contributed by atoms with Crippen LogP contribution in [0.1, 0.15) is 68.5 Å². The Morgan fingerprint density at radius 2 is 2.00 bits per heavy atom. The molecule has 2 rings (SSSR count). The first-order chi connectivity index (χ1) is 10.9. The molecule has 2 heterocycles. The normalized spacial score (nSPS) is 21.7. The molecule has 1 N–H and O–H groups in total. The molecule has 1 fully saturated rings. The molecule has 1 aromatic rings. The fraction of sp³-hybridized carbons (Fsp3) is 0.706. The summed E-state index contributed by atoms with van der Waals surface area (Å²) in [5.74, 6) is -1.39. The van der Waals surface area contributed by atoms with Crippen molar-refractivity contribution in [1.29, 1.82) is 0 Å². The molecule has 0 bridgehead atoms. The van der Waals surface area contributed by atoms with Gasteiger partial charge in [0.2, 0.25) is 0 Å². The average Bonchev–Trinajstić information content (AvgIpc) is 2.90. The van der Waals surface area contributed by atoms with Crippen LogP contribution in [0.3, 0.4) is 0 Å². The summed E-state index contributed by atoms with van der Waals surface area (Å²) in [6.45, 7) is 8.41. The van der Waals surface area contributed by atoms with Crippen LogP contribution in [-0.2, 0) is 4.79 Å². The van der Waals surface area contributed by atoms with E-state index in [2.05, 4.69) is 18.9 Å². The molecule has 1 aliphatic rings. The molecule has 6 nitrogen and oxygen atoms in total. The van der Waals surface area contributed by atoms with Crippen LogP contribution in [0, 0.1) is 12.8 Å². The van der Waals surface area contributed by atoms with Crippen LogP contribution in [-0.4, -0.2) is 44.3 Å². The zero-order chi connectivity index (χ0) is 17.1. The standard InChI is InChI=1S/C17H27N3O3/c1-5-14(6-2)20-12(4)15(9-18-20)16(21)19-10-13(17(22)23)8-7-11(19)3/h9,11,13-14H,5-8,10H2,1-4H3,(H,22,23). The number of nitrogens with zero attached hydrogens (tertiary/aromatic N) is 3. The highest BCUT2D eigenvalue weighted by atomic mass is 16.4. The molecule has 0 saturated carbocycles. The van der Waals surface area contributed by atoms with E-state index in [1.165, 1.54) is 0 Å². The van der Waals surface area contributed by atoms with Crippen molar-refractivity contribution in [2.24, 2.45) is 5.92 Å². The second kappa shape index (κ2) is 7.15. The van der Waals surface area contributed by atoms with Crippen LogP contribution in [0.15, 0.2) is 6.20 Å². The quantitative estimate of drug-likeness (QED) is 0.905. The van der Waals surface area contributed by atoms with Crippen molar-refractivity contribution in [3.63, 3.8) is 0 Å². The molecule has 2 atom stereocenters. The molecular weight excluding hydrogens is 294 g/mol. The minimum atomic E-state index is -0.820. The van der Waals surface area contributed by atoms with E-state index >= 15 is 0 Å². The number of carbonyl (C=O) groups is 2. The van der Waals surface area contributed by atoms with E-state index in [4.69, 9.17) is 0 Å². The van der Waals surface area contributed by atoms with Gasteiger partial charge < -0.3 is 10.0 Å². The van der Waals surface area contributed by atoms with Gasteiger partial charge in [-0.3, -0.25) is 14.3 Å². The summed E-state index contributed by atoms with van der Waals surface area (Å²) in [6, 6.07) is 0.357. The lowest BCUT2D eigenvalue weighted by Gasteiger charge is -2.36. The topological polar surface area (TPSA) is 75.4 Å². The van der Waals surface area contributed by atoms with Gasteiger partial charge in [-0.1, -0.05) is 13.8 Å². The van der Waals surface area contributed by atoms with Gasteiger partial charge in [0.05, 0.1) is 23.7 Å². The van der Waals surface area contributed by atoms with E-state index in [9.17, 15) is 14.7 Å². The van der Waals surface area contributed by atoms with E-state index in [1.807, 2.05) is 18.5 Å². The molecule has 1 amide bonds. The lowest BCUT2D eigenvalue weighted by atomic mass is 9.93. The number of carboxylic acid groups (broad SMARTS) is 1. The Morgan fingerprint density at radius 3 is 2.57 bits per heavy atom. The fourth-order valence-corrected chi connectivity index (χ4v) is 3.38. The smallest absolute Gasteiger partial charge is 0.308 e. The molecule has 6 heteroatoms. The summed E-state index contributed by atoms with van der Waals surface area (Å²) >= 11 is 0. The number of likely N-dealkylation sites (tertiary alicyclic amines) is 1. The number of rotatable bonds is 5. The number of amides is 1. The van der Waals surface area contributed by atoms with Crippen LogP contribution in [0.25, 0.3) is 0 Å². The minimum Gasteiger partial charge on any atom is -0.481 e. The second-order valence-electron chi connectivity index (χ2n) is 6.48. The highest BCUT2D eigenvalue weighted by Crippen LogP contribution is 2.26. The van der Waals surface area contributed by atoms with Gasteiger partial charge in [-0.25, -0.2) is 0 Å². The first-order valence-corrected chi connectivity index (χ1v) is 8.48. The molecule has 1 saturated heterocycles. The van der Waals surface area contributed by atoms with Crippen molar-refractivity contribution in [1.82, 2.24) is 14.7 Å². The molecular formula is C17H27N3O3. The zero-order valence-corrected chi connectivity index (χ0v) is 14.5. The largest absolute Gasteiger partial charge is 0.481 e. The van der Waals surface area contributed by atoms with E-state index < -0.39 is 11.9 Å². The highest BCUT2D eigenvalue weighted by Gasteiger charge is 2.34. The monoisotopic (exact) mass is 321 g/mol. The Hall–Kier alpha value is -1.85. The third-order valence-corrected chi connectivity index (χ3v) is 5.06. The molecule has 1 aliphatic heterocycles. The predicted octanol–water partition coefficient (Wildman–Crippen LogP) is 2.88. The number of hydrogen-bond acceptors (Lipinski definition) is 3. The number of carboxylic acids is 1. The van der Waals surface area contributed by atoms with Crippen molar-refractivity contribution in [2.45, 2.75) is 65.5 Å². The summed E-state index contributed by atoms with van der Waals surface area (Å²) in [5, 5.41) is 13.6. The van der Waals surface area contributed by atoms with Crippen LogP contribution < -0.4 is 0 Å². The summed E-state index contributed by atoms with van der Waals surface area (Å²) < 4.78 is 1.93. The Balaban J connectivity index is 2.24. The van der Waals surface area contributed by atoms with Gasteiger partial charge in [-0.2, -0.15) is 5.10 Å². The maximum absolute atomic E-state index is 12.9. The molecule has 0 aliphatic carbocycles. The highest BCUT2D eigenvalue weighted by molar-refractivity contribution is 5.95. The molecule has 1 aromatic heterocycles. The number of hydrogen-bond donors (Lipinski definition) is 1. The van der Waals surface area contributed by atoms with Crippen LogP contribution in [0.4, 0.5) is 0 Å². The lowest BCUT2D eigenvalue weighted by molar-refractivity contribution is -0.143. The maximum Gasteiger partial charge on any atom is 0.308 e. The van der Waals surface area contributed by atoms with Gasteiger partial charge in [-0.05, 0) is 39.5 Å². The maximum atomic E-state index is 12.9. The third kappa shape index (κ3) is 3.41. The van der Waals surface area contributed by atoms with Gasteiger partial charge >= 0.3 is 5.97 Å².